The summed E-state index contributed by atoms with van der Waals surface area (Å²) >= 11 is 0. The van der Waals surface area contributed by atoms with Crippen molar-refractivity contribution in [2.45, 2.75) is 43.6 Å². The summed E-state index contributed by atoms with van der Waals surface area (Å²) in [6, 6.07) is 6.92. The van der Waals surface area contributed by atoms with Gasteiger partial charge in [0.15, 0.2) is 0 Å². The van der Waals surface area contributed by atoms with Gasteiger partial charge in [0.2, 0.25) is 0 Å². The second kappa shape index (κ2) is 3.59. The number of aromatic nitrogens is 2. The molecule has 4 heteroatoms. The number of imidazole rings is 1. The SMILES string of the molecule is O=C(O)CC1(c2ccc3c(c2)ncn3C2CC2)CC1. The highest BCUT2D eigenvalue weighted by Gasteiger charge is 2.46. The Balaban J connectivity index is 1.74. The van der Waals surface area contributed by atoms with E-state index in [9.17, 15) is 4.79 Å². The van der Waals surface area contributed by atoms with Crippen molar-refractivity contribution >= 4 is 17.0 Å². The first-order chi connectivity index (χ1) is 9.18. The Morgan fingerprint density at radius 3 is 2.84 bits per heavy atom. The molecule has 1 aromatic heterocycles. The van der Waals surface area contributed by atoms with Gasteiger partial charge in [-0.25, -0.2) is 4.98 Å². The summed E-state index contributed by atoms with van der Waals surface area (Å²) in [4.78, 5) is 15.5. The van der Waals surface area contributed by atoms with E-state index in [1.807, 2.05) is 6.33 Å². The van der Waals surface area contributed by atoms with E-state index in [2.05, 4.69) is 27.8 Å². The van der Waals surface area contributed by atoms with Crippen molar-refractivity contribution in [3.05, 3.63) is 30.1 Å². The Bertz CT molecular complexity index is 666. The van der Waals surface area contributed by atoms with Gasteiger partial charge in [-0.1, -0.05) is 6.07 Å². The molecular formula is C15H16N2O2. The van der Waals surface area contributed by atoms with Gasteiger partial charge in [-0.3, -0.25) is 4.79 Å². The van der Waals surface area contributed by atoms with Crippen LogP contribution in [-0.4, -0.2) is 20.6 Å². The molecule has 0 aliphatic heterocycles. The number of aliphatic carboxylic acids is 1. The Morgan fingerprint density at radius 1 is 1.42 bits per heavy atom. The normalized spacial score (nSPS) is 20.6. The van der Waals surface area contributed by atoms with E-state index < -0.39 is 5.97 Å². The first-order valence-corrected chi connectivity index (χ1v) is 6.87. The third kappa shape index (κ3) is 1.74. The minimum absolute atomic E-state index is 0.122. The highest BCUT2D eigenvalue weighted by atomic mass is 16.4. The topological polar surface area (TPSA) is 55.1 Å². The fourth-order valence-corrected chi connectivity index (χ4v) is 3.01. The predicted octanol–water partition coefficient (Wildman–Crippen LogP) is 2.88. The lowest BCUT2D eigenvalue weighted by molar-refractivity contribution is -0.137. The van der Waals surface area contributed by atoms with Crippen LogP contribution in [0.3, 0.4) is 0 Å². The van der Waals surface area contributed by atoms with Gasteiger partial charge in [0.05, 0.1) is 23.8 Å². The van der Waals surface area contributed by atoms with Crippen LogP contribution in [0.1, 0.15) is 43.7 Å². The number of nitrogens with zero attached hydrogens (tertiary/aromatic N) is 2. The van der Waals surface area contributed by atoms with Crippen molar-refractivity contribution in [3.8, 4) is 0 Å². The molecule has 2 aromatic rings. The van der Waals surface area contributed by atoms with Gasteiger partial charge in [-0.2, -0.15) is 0 Å². The minimum Gasteiger partial charge on any atom is -0.481 e. The molecule has 1 N–H and O–H groups in total. The van der Waals surface area contributed by atoms with Crippen LogP contribution in [0, 0.1) is 0 Å². The lowest BCUT2D eigenvalue weighted by atomic mass is 9.92. The van der Waals surface area contributed by atoms with Crippen molar-refractivity contribution in [1.82, 2.24) is 9.55 Å². The molecule has 0 unspecified atom stereocenters. The lowest BCUT2D eigenvalue weighted by Gasteiger charge is -2.13. The van der Waals surface area contributed by atoms with E-state index in [0.717, 1.165) is 23.9 Å². The predicted molar refractivity (Wildman–Crippen MR) is 71.2 cm³/mol. The number of carboxylic acids is 1. The summed E-state index contributed by atoms with van der Waals surface area (Å²) in [5.41, 5.74) is 3.20. The van der Waals surface area contributed by atoms with E-state index in [1.54, 1.807) is 0 Å². The summed E-state index contributed by atoms with van der Waals surface area (Å²) < 4.78 is 2.25. The molecule has 2 aliphatic carbocycles. The van der Waals surface area contributed by atoms with E-state index in [4.69, 9.17) is 5.11 Å². The van der Waals surface area contributed by atoms with Crippen LogP contribution in [-0.2, 0) is 10.2 Å². The van der Waals surface area contributed by atoms with E-state index in [-0.39, 0.29) is 11.8 Å². The van der Waals surface area contributed by atoms with Gasteiger partial charge in [0.1, 0.15) is 0 Å². The zero-order chi connectivity index (χ0) is 13.0. The van der Waals surface area contributed by atoms with Crippen molar-refractivity contribution in [2.75, 3.05) is 0 Å². The maximum absolute atomic E-state index is 11.0. The molecule has 0 bridgehead atoms. The molecule has 2 saturated carbocycles. The zero-order valence-corrected chi connectivity index (χ0v) is 10.7. The molecule has 0 atom stereocenters. The summed E-state index contributed by atoms with van der Waals surface area (Å²) in [7, 11) is 0. The zero-order valence-electron chi connectivity index (χ0n) is 10.7. The number of carbonyl (C=O) groups is 1. The van der Waals surface area contributed by atoms with Crippen molar-refractivity contribution < 1.29 is 9.90 Å². The highest BCUT2D eigenvalue weighted by Crippen LogP contribution is 2.51. The van der Waals surface area contributed by atoms with Crippen LogP contribution in [0.4, 0.5) is 0 Å². The maximum atomic E-state index is 11.0. The van der Waals surface area contributed by atoms with Crippen LogP contribution >= 0.6 is 0 Å². The summed E-state index contributed by atoms with van der Waals surface area (Å²) in [5, 5.41) is 9.03. The quantitative estimate of drug-likeness (QED) is 0.915. The van der Waals surface area contributed by atoms with E-state index in [0.29, 0.717) is 6.04 Å². The van der Waals surface area contributed by atoms with Crippen LogP contribution in [0.25, 0.3) is 11.0 Å². The molecule has 4 nitrogen and oxygen atoms in total. The standard InChI is InChI=1S/C15H16N2O2/c18-14(19)8-15(5-6-15)10-1-4-13-12(7-10)16-9-17(13)11-2-3-11/h1,4,7,9,11H,2-3,5-6,8H2,(H,18,19). The first-order valence-electron chi connectivity index (χ1n) is 6.87. The summed E-state index contributed by atoms with van der Waals surface area (Å²) in [5.74, 6) is -0.707. The van der Waals surface area contributed by atoms with Gasteiger partial charge in [-0.05, 0) is 43.4 Å². The molecule has 0 spiro atoms. The lowest BCUT2D eigenvalue weighted by Crippen LogP contribution is -2.12. The summed E-state index contributed by atoms with van der Waals surface area (Å²) in [6.45, 7) is 0. The number of carboxylic acid groups (broad SMARTS) is 1. The Morgan fingerprint density at radius 2 is 2.21 bits per heavy atom. The molecule has 1 aromatic carbocycles. The fraction of sp³-hybridized carbons (Fsp3) is 0.467. The molecular weight excluding hydrogens is 240 g/mol. The average molecular weight is 256 g/mol. The van der Waals surface area contributed by atoms with Crippen LogP contribution in [0.15, 0.2) is 24.5 Å². The van der Waals surface area contributed by atoms with Crippen LogP contribution in [0.5, 0.6) is 0 Å². The second-order valence-corrected chi connectivity index (χ2v) is 5.94. The van der Waals surface area contributed by atoms with Crippen LogP contribution < -0.4 is 0 Å². The minimum atomic E-state index is -0.707. The monoisotopic (exact) mass is 256 g/mol. The molecule has 0 radical (unpaired) electrons. The van der Waals surface area contributed by atoms with Gasteiger partial charge >= 0.3 is 5.97 Å². The van der Waals surface area contributed by atoms with Gasteiger partial charge in [0, 0.05) is 11.5 Å². The molecule has 2 fully saturated rings. The molecule has 2 aliphatic rings. The molecule has 0 amide bonds. The molecule has 1 heterocycles. The number of rotatable bonds is 4. The summed E-state index contributed by atoms with van der Waals surface area (Å²) in [6.07, 6.45) is 6.61. The van der Waals surface area contributed by atoms with Gasteiger partial charge in [0.25, 0.3) is 0 Å². The Labute approximate surface area is 111 Å². The van der Waals surface area contributed by atoms with Gasteiger partial charge < -0.3 is 9.67 Å². The molecule has 98 valence electrons. The molecule has 0 saturated heterocycles. The number of fused-ring (bicyclic) bond motifs is 1. The number of hydrogen-bond acceptors (Lipinski definition) is 2. The third-order valence-electron chi connectivity index (χ3n) is 4.47. The highest BCUT2D eigenvalue weighted by molar-refractivity contribution is 5.78. The third-order valence-corrected chi connectivity index (χ3v) is 4.47. The second-order valence-electron chi connectivity index (χ2n) is 5.94. The maximum Gasteiger partial charge on any atom is 0.304 e. The Hall–Kier alpha value is -1.84. The molecule has 4 rings (SSSR count). The molecule has 19 heavy (non-hydrogen) atoms. The van der Waals surface area contributed by atoms with E-state index >= 15 is 0 Å². The Kier molecular flexibility index (Phi) is 2.08. The van der Waals surface area contributed by atoms with Crippen molar-refractivity contribution in [1.29, 1.82) is 0 Å². The number of benzene rings is 1. The van der Waals surface area contributed by atoms with Crippen molar-refractivity contribution in [2.24, 2.45) is 0 Å². The first kappa shape index (κ1) is 11.0. The average Bonchev–Trinajstić information content (AvgIpc) is 3.29. The fourth-order valence-electron chi connectivity index (χ4n) is 3.01. The van der Waals surface area contributed by atoms with Crippen molar-refractivity contribution in [3.63, 3.8) is 0 Å². The van der Waals surface area contributed by atoms with Gasteiger partial charge in [-0.15, -0.1) is 0 Å². The number of hydrogen-bond donors (Lipinski definition) is 1. The smallest absolute Gasteiger partial charge is 0.304 e. The van der Waals surface area contributed by atoms with E-state index in [1.165, 1.54) is 18.4 Å². The van der Waals surface area contributed by atoms with Crippen LogP contribution in [0.2, 0.25) is 0 Å². The largest absolute Gasteiger partial charge is 0.481 e.